The number of aromatic hydroxyl groups is 2. The van der Waals surface area contributed by atoms with Gasteiger partial charge in [-0.2, -0.15) is 26.3 Å². The van der Waals surface area contributed by atoms with Crippen LogP contribution in [0.25, 0.3) is 0 Å². The summed E-state index contributed by atoms with van der Waals surface area (Å²) in [6.45, 7) is 1.26. The molecule has 262 valence electrons. The van der Waals surface area contributed by atoms with Crippen LogP contribution in [0.3, 0.4) is 0 Å². The Morgan fingerprint density at radius 2 is 1.08 bits per heavy atom. The second kappa shape index (κ2) is 13.3. The molecule has 0 aliphatic carbocycles. The van der Waals surface area contributed by atoms with Gasteiger partial charge in [0.15, 0.2) is 0 Å². The van der Waals surface area contributed by atoms with E-state index in [-0.39, 0.29) is 28.7 Å². The first-order valence-corrected chi connectivity index (χ1v) is 14.0. The number of hydrogen-bond acceptors (Lipinski definition) is 7. The first-order valence-electron chi connectivity index (χ1n) is 14.0. The number of carboxylic acids is 2. The highest BCUT2D eigenvalue weighted by atomic mass is 19.4. The summed E-state index contributed by atoms with van der Waals surface area (Å²) >= 11 is 0. The second-order valence-electron chi connectivity index (χ2n) is 10.6. The van der Waals surface area contributed by atoms with E-state index in [2.05, 4.69) is 5.32 Å². The molecule has 0 heterocycles. The number of aromatic carboxylic acids is 2. The predicted molar refractivity (Wildman–Crippen MR) is 162 cm³/mol. The summed E-state index contributed by atoms with van der Waals surface area (Å²) < 4.78 is 92.4. The summed E-state index contributed by atoms with van der Waals surface area (Å²) in [4.78, 5) is 48.7. The molecule has 0 spiro atoms. The lowest BCUT2D eigenvalue weighted by Crippen LogP contribution is -2.54. The van der Waals surface area contributed by atoms with Gasteiger partial charge in [0, 0.05) is 7.05 Å². The van der Waals surface area contributed by atoms with Crippen LogP contribution in [0.4, 0.5) is 32.0 Å². The molecule has 17 heteroatoms. The minimum absolute atomic E-state index is 0.00270. The van der Waals surface area contributed by atoms with Gasteiger partial charge in [-0.15, -0.1) is 0 Å². The number of halogens is 6. The topological polar surface area (TPSA) is 182 Å². The Bertz CT molecular complexity index is 2010. The SMILES string of the molecule is CNC(=O)c1ccc(Oc2ccc(C(=O)Nc3ccc(C(c4ccc(C)c(O)c4)(C(F)(F)F)C(F)(F)F)cc3O)c(C(=O)O)c2)cc1C(=O)O. The van der Waals surface area contributed by atoms with E-state index in [1.165, 1.54) is 20.0 Å². The Kier molecular flexibility index (Phi) is 9.75. The Morgan fingerprint density at radius 1 is 0.620 bits per heavy atom. The number of anilines is 1. The zero-order valence-corrected chi connectivity index (χ0v) is 25.5. The molecule has 11 nitrogen and oxygen atoms in total. The summed E-state index contributed by atoms with van der Waals surface area (Å²) in [5, 5.41) is 44.0. The number of phenols is 2. The molecule has 0 aliphatic heterocycles. The third kappa shape index (κ3) is 6.69. The van der Waals surface area contributed by atoms with E-state index in [9.17, 15) is 65.9 Å². The van der Waals surface area contributed by atoms with Crippen LogP contribution in [0.2, 0.25) is 0 Å². The maximum atomic E-state index is 14.5. The number of hydrogen-bond donors (Lipinski definition) is 6. The molecule has 0 bridgehead atoms. The minimum atomic E-state index is -6.05. The van der Waals surface area contributed by atoms with E-state index in [1.54, 1.807) is 0 Å². The molecule has 0 unspecified atom stereocenters. The highest BCUT2D eigenvalue weighted by Crippen LogP contribution is 2.57. The van der Waals surface area contributed by atoms with Crippen molar-refractivity contribution in [1.82, 2.24) is 5.32 Å². The average molecular weight is 707 g/mol. The van der Waals surface area contributed by atoms with E-state index >= 15 is 0 Å². The number of carbonyl (C=O) groups excluding carboxylic acids is 2. The van der Waals surface area contributed by atoms with Crippen molar-refractivity contribution in [2.24, 2.45) is 0 Å². The van der Waals surface area contributed by atoms with E-state index in [0.29, 0.717) is 24.3 Å². The van der Waals surface area contributed by atoms with Crippen LogP contribution < -0.4 is 15.4 Å². The van der Waals surface area contributed by atoms with Crippen molar-refractivity contribution < 1.29 is 70.7 Å². The van der Waals surface area contributed by atoms with E-state index in [4.69, 9.17) is 4.74 Å². The summed E-state index contributed by atoms with van der Waals surface area (Å²) in [5.41, 5.74) is -10.2. The van der Waals surface area contributed by atoms with E-state index in [0.717, 1.165) is 36.4 Å². The third-order valence-corrected chi connectivity index (χ3v) is 7.57. The molecule has 2 amide bonds. The Hall–Kier alpha value is -6.26. The first-order chi connectivity index (χ1) is 23.2. The fraction of sp³-hybridized carbons (Fsp3) is 0.152. The zero-order valence-electron chi connectivity index (χ0n) is 25.5. The molecule has 50 heavy (non-hydrogen) atoms. The van der Waals surface area contributed by atoms with Crippen molar-refractivity contribution in [3.63, 3.8) is 0 Å². The normalized spacial score (nSPS) is 11.8. The monoisotopic (exact) mass is 706 g/mol. The number of aryl methyl sites for hydroxylation is 1. The van der Waals surface area contributed by atoms with Crippen LogP contribution >= 0.6 is 0 Å². The van der Waals surface area contributed by atoms with Gasteiger partial charge in [-0.3, -0.25) is 9.59 Å². The maximum Gasteiger partial charge on any atom is 0.411 e. The van der Waals surface area contributed by atoms with E-state index < -0.39 is 86.5 Å². The maximum absolute atomic E-state index is 14.5. The predicted octanol–water partition coefficient (Wildman–Crippen LogP) is 6.62. The summed E-state index contributed by atoms with van der Waals surface area (Å²) in [6, 6.07) is 9.04. The first kappa shape index (κ1) is 36.6. The smallest absolute Gasteiger partial charge is 0.411 e. The van der Waals surface area contributed by atoms with Gasteiger partial charge < -0.3 is 35.8 Å². The van der Waals surface area contributed by atoms with Crippen LogP contribution in [0, 0.1) is 6.92 Å². The fourth-order valence-electron chi connectivity index (χ4n) is 5.08. The lowest BCUT2D eigenvalue weighted by molar-refractivity contribution is -0.288. The molecule has 0 fully saturated rings. The summed E-state index contributed by atoms with van der Waals surface area (Å²) in [6.07, 6.45) is -12.1. The highest BCUT2D eigenvalue weighted by Gasteiger charge is 2.72. The van der Waals surface area contributed by atoms with Gasteiger partial charge in [0.2, 0.25) is 5.41 Å². The largest absolute Gasteiger partial charge is 0.508 e. The lowest BCUT2D eigenvalue weighted by Gasteiger charge is -2.38. The van der Waals surface area contributed by atoms with Crippen molar-refractivity contribution in [1.29, 1.82) is 0 Å². The quantitative estimate of drug-likeness (QED) is 0.0823. The summed E-state index contributed by atoms with van der Waals surface area (Å²) in [7, 11) is 1.28. The molecule has 0 radical (unpaired) electrons. The van der Waals surface area contributed by atoms with Gasteiger partial charge in [0.1, 0.15) is 23.0 Å². The number of phenolic OH excluding ortho intramolecular Hbond substituents is 2. The van der Waals surface area contributed by atoms with Gasteiger partial charge in [-0.25, -0.2) is 9.59 Å². The number of carboxylic acid groups (broad SMARTS) is 2. The van der Waals surface area contributed by atoms with Crippen molar-refractivity contribution >= 4 is 29.4 Å². The molecular weight excluding hydrogens is 682 g/mol. The molecule has 6 N–H and O–H groups in total. The number of ether oxygens (including phenoxy) is 1. The third-order valence-electron chi connectivity index (χ3n) is 7.57. The minimum Gasteiger partial charge on any atom is -0.508 e. The Labute approximate surface area is 277 Å². The lowest BCUT2D eigenvalue weighted by atomic mass is 9.72. The van der Waals surface area contributed by atoms with Gasteiger partial charge in [0.05, 0.1) is 27.9 Å². The van der Waals surface area contributed by atoms with Gasteiger partial charge in [0.25, 0.3) is 11.8 Å². The number of nitrogens with one attached hydrogen (secondary N) is 2. The van der Waals surface area contributed by atoms with Crippen LogP contribution in [0.5, 0.6) is 23.0 Å². The number of rotatable bonds is 9. The van der Waals surface area contributed by atoms with Crippen LogP contribution in [0.15, 0.2) is 72.8 Å². The number of alkyl halides is 6. The van der Waals surface area contributed by atoms with Gasteiger partial charge in [-0.1, -0.05) is 18.2 Å². The van der Waals surface area contributed by atoms with Crippen LogP contribution in [-0.2, 0) is 5.41 Å². The van der Waals surface area contributed by atoms with Crippen molar-refractivity contribution in [2.75, 3.05) is 12.4 Å². The molecule has 0 saturated heterocycles. The molecule has 0 aliphatic rings. The van der Waals surface area contributed by atoms with E-state index in [1.807, 2.05) is 5.32 Å². The Morgan fingerprint density at radius 3 is 1.50 bits per heavy atom. The van der Waals surface area contributed by atoms with Crippen molar-refractivity contribution in [3.8, 4) is 23.0 Å². The molecule has 0 aromatic heterocycles. The molecule has 0 atom stereocenters. The van der Waals surface area contributed by atoms with Gasteiger partial charge in [-0.05, 0) is 78.2 Å². The molecule has 4 rings (SSSR count). The van der Waals surface area contributed by atoms with Gasteiger partial charge >= 0.3 is 24.3 Å². The number of amides is 2. The summed E-state index contributed by atoms with van der Waals surface area (Å²) in [5.74, 6) is -7.54. The Balaban J connectivity index is 1.69. The highest BCUT2D eigenvalue weighted by molar-refractivity contribution is 6.11. The van der Waals surface area contributed by atoms with Crippen LogP contribution in [-0.4, -0.2) is 63.6 Å². The van der Waals surface area contributed by atoms with Crippen LogP contribution in [0.1, 0.15) is 58.1 Å². The molecular formula is C33H24F6N2O9. The number of benzene rings is 4. The number of carbonyl (C=O) groups is 4. The second-order valence-corrected chi connectivity index (χ2v) is 10.6. The zero-order chi connectivity index (χ0) is 37.3. The van der Waals surface area contributed by atoms with Crippen molar-refractivity contribution in [3.05, 3.63) is 112 Å². The standard InChI is InChI=1S/C33H24F6N2O9/c1-15-3-4-16(11-25(15)42)31(32(34,35)36,33(37,38)39)17-5-10-24(26(43)12-17)41-28(45)21-9-7-19(14-23(21)30(48)49)50-18-6-8-20(27(44)40-2)22(13-18)29(46)47/h3-14,42-43H,1-2H3,(H,40,44)(H,41,45)(H,46,47)(H,48,49). The molecule has 4 aromatic carbocycles. The molecule has 0 saturated carbocycles. The fourth-order valence-corrected chi connectivity index (χ4v) is 5.08. The molecule has 4 aromatic rings. The average Bonchev–Trinajstić information content (AvgIpc) is 3.02. The van der Waals surface area contributed by atoms with Crippen molar-refractivity contribution in [2.45, 2.75) is 24.7 Å².